The predicted molar refractivity (Wildman–Crippen MR) is 252 cm³/mol. The number of rotatable bonds is 12. The van der Waals surface area contributed by atoms with E-state index in [0.717, 1.165) is 59.2 Å². The van der Waals surface area contributed by atoms with Gasteiger partial charge in [-0.15, -0.1) is 0 Å². The van der Waals surface area contributed by atoms with Crippen molar-refractivity contribution in [2.75, 3.05) is 40.4 Å². The molecule has 4 aromatic carbocycles. The minimum Gasteiger partial charge on any atom is -0.496 e. The summed E-state index contributed by atoms with van der Waals surface area (Å²) in [6, 6.07) is 14.6. The molecule has 2 spiro atoms. The van der Waals surface area contributed by atoms with Crippen LogP contribution in [0.15, 0.2) is 48.5 Å². The molecule has 4 aliphatic heterocycles. The fourth-order valence-corrected chi connectivity index (χ4v) is 15.4. The zero-order chi connectivity index (χ0) is 47.6. The Bertz CT molecular complexity index is 2800. The fraction of sp³-hybridized carbons (Fsp3) is 0.536. The van der Waals surface area contributed by atoms with Gasteiger partial charge < -0.3 is 38.6 Å². The van der Waals surface area contributed by atoms with Gasteiger partial charge in [-0.2, -0.15) is 0 Å². The Labute approximate surface area is 405 Å². The van der Waals surface area contributed by atoms with Gasteiger partial charge in [0.2, 0.25) is 0 Å². The van der Waals surface area contributed by atoms with Crippen LogP contribution >= 0.6 is 0 Å². The largest absolute Gasteiger partial charge is 0.496 e. The Hall–Kier alpha value is -5.54. The molecule has 6 aliphatic carbocycles. The number of carbonyl (C=O) groups excluding carboxylic acids is 4. The van der Waals surface area contributed by atoms with Crippen molar-refractivity contribution >= 4 is 34.3 Å². The number of benzene rings is 4. The van der Waals surface area contributed by atoms with E-state index in [4.69, 9.17) is 28.4 Å². The van der Waals surface area contributed by atoms with E-state index in [1.54, 1.807) is 12.1 Å². The molecular weight excluding hydrogens is 893 g/mol. The van der Waals surface area contributed by atoms with E-state index in [2.05, 4.69) is 9.80 Å². The number of piperidine rings is 2. The van der Waals surface area contributed by atoms with Crippen molar-refractivity contribution in [3.63, 3.8) is 0 Å². The third-order valence-electron chi connectivity index (χ3n) is 18.8. The minimum absolute atomic E-state index is 0.0250. The van der Waals surface area contributed by atoms with Gasteiger partial charge in [0, 0.05) is 60.3 Å². The lowest BCUT2D eigenvalue weighted by molar-refractivity contribution is -0.188. The number of ketones is 2. The molecule has 14 nitrogen and oxygen atoms in total. The van der Waals surface area contributed by atoms with Crippen LogP contribution in [0.5, 0.6) is 34.5 Å². The summed E-state index contributed by atoms with van der Waals surface area (Å²) >= 11 is 0. The summed E-state index contributed by atoms with van der Waals surface area (Å²) in [6.07, 6.45) is 6.62. The summed E-state index contributed by atoms with van der Waals surface area (Å²) in [5.41, 5.74) is 0.790. The lowest BCUT2D eigenvalue weighted by Crippen LogP contribution is -2.76. The molecule has 0 unspecified atom stereocenters. The molecule has 8 atom stereocenters. The molecule has 0 amide bonds. The van der Waals surface area contributed by atoms with Gasteiger partial charge in [0.05, 0.1) is 49.1 Å². The number of carbonyl (C=O) groups is 4. The maximum absolute atomic E-state index is 14.0. The van der Waals surface area contributed by atoms with Gasteiger partial charge in [-0.25, -0.2) is 0 Å². The van der Waals surface area contributed by atoms with Crippen LogP contribution in [0.1, 0.15) is 97.6 Å². The first-order valence-corrected chi connectivity index (χ1v) is 25.6. The third-order valence-corrected chi connectivity index (χ3v) is 18.8. The predicted octanol–water partition coefficient (Wildman–Crippen LogP) is 5.42. The Morgan fingerprint density at radius 2 is 1.04 bits per heavy atom. The van der Waals surface area contributed by atoms with Crippen LogP contribution < -0.4 is 28.4 Å². The normalized spacial score (nSPS) is 33.0. The summed E-state index contributed by atoms with van der Waals surface area (Å²) in [5, 5.41) is 26.9. The average Bonchev–Trinajstić information content (AvgIpc) is 4.27. The van der Waals surface area contributed by atoms with E-state index in [0.29, 0.717) is 84.5 Å². The quantitative estimate of drug-likeness (QED) is 0.136. The van der Waals surface area contributed by atoms with Crippen molar-refractivity contribution in [3.8, 4) is 34.5 Å². The number of Topliss-reactive ketones (excluding diaryl/α,β-unsaturated/α-hetero) is 2. The molecule has 10 aliphatic rings. The third kappa shape index (κ3) is 5.87. The molecule has 14 rings (SSSR count). The number of aliphatic hydroxyl groups is 2. The first-order chi connectivity index (χ1) is 33.8. The van der Waals surface area contributed by atoms with Gasteiger partial charge in [-0.1, -0.05) is 12.1 Å². The number of hydrogen-bond donors (Lipinski definition) is 2. The number of esters is 2. The second-order valence-corrected chi connectivity index (χ2v) is 22.4. The minimum atomic E-state index is -1.13. The molecule has 6 fully saturated rings. The number of hydrogen-bond acceptors (Lipinski definition) is 14. The number of methoxy groups -OCH3 is 2. The smallest absolute Gasteiger partial charge is 0.315 e. The van der Waals surface area contributed by atoms with Crippen molar-refractivity contribution < 1.29 is 57.8 Å². The van der Waals surface area contributed by atoms with Gasteiger partial charge in [-0.3, -0.25) is 29.0 Å². The van der Waals surface area contributed by atoms with Gasteiger partial charge in [-0.05, 0) is 147 Å². The van der Waals surface area contributed by atoms with Crippen LogP contribution in [0.2, 0.25) is 0 Å². The highest BCUT2D eigenvalue weighted by molar-refractivity contribution is 5.93. The van der Waals surface area contributed by atoms with Crippen LogP contribution in [0, 0.1) is 11.8 Å². The molecule has 0 radical (unpaired) electrons. The zero-order valence-electron chi connectivity index (χ0n) is 39.7. The number of ether oxygens (including phenoxy) is 6. The summed E-state index contributed by atoms with van der Waals surface area (Å²) < 4.78 is 37.0. The first kappa shape index (κ1) is 43.3. The maximum Gasteiger partial charge on any atom is 0.315 e. The molecule has 4 aromatic rings. The van der Waals surface area contributed by atoms with Crippen molar-refractivity contribution in [3.05, 3.63) is 81.9 Å². The Morgan fingerprint density at radius 1 is 0.614 bits per heavy atom. The van der Waals surface area contributed by atoms with E-state index in [9.17, 15) is 29.4 Å². The molecule has 2 saturated heterocycles. The summed E-state index contributed by atoms with van der Waals surface area (Å²) in [4.78, 5) is 60.2. The van der Waals surface area contributed by atoms with Crippen LogP contribution in [0.4, 0.5) is 0 Å². The van der Waals surface area contributed by atoms with E-state index in [-0.39, 0.29) is 60.8 Å². The molecule has 14 heteroatoms. The molecular formula is C56H58N2O12. The van der Waals surface area contributed by atoms with Crippen LogP contribution in [-0.4, -0.2) is 119 Å². The highest BCUT2D eigenvalue weighted by atomic mass is 16.6. The zero-order valence-corrected chi connectivity index (χ0v) is 39.7. The first-order valence-electron chi connectivity index (χ1n) is 25.6. The van der Waals surface area contributed by atoms with Gasteiger partial charge >= 0.3 is 11.9 Å². The van der Waals surface area contributed by atoms with Gasteiger partial charge in [0.25, 0.3) is 0 Å². The van der Waals surface area contributed by atoms with E-state index < -0.39 is 46.2 Å². The maximum atomic E-state index is 14.0. The van der Waals surface area contributed by atoms with Crippen molar-refractivity contribution in [1.82, 2.24) is 9.80 Å². The molecule has 4 heterocycles. The van der Waals surface area contributed by atoms with Crippen molar-refractivity contribution in [1.29, 1.82) is 0 Å². The monoisotopic (exact) mass is 950 g/mol. The Balaban J connectivity index is 0.727. The van der Waals surface area contributed by atoms with Crippen LogP contribution in [0.25, 0.3) is 10.8 Å². The standard InChI is InChI=1S/C56H58N2O12/c1-65-41-21-34-22-42(66-2)36(26-46(62)68-40-10-8-32-24-44-56(64)14-12-38(60)52-54(56,48(32)50(40)70-52)16-18-58(44)28-30-5-6-30)20-33(34)19-35(41)25-45(61)67-39-9-7-31-23-43-55(63)13-11-37(59)51-53(55,47(31)49(39)69-51)15-17-57(43)27-29-3-4-29/h7-10,19-22,29-30,43-44,51-52,63-64H,3-6,11-18,23-28H2,1-2H3/t43-,44-,51+,52+,53+,54+,55-,56-/m1/s1. The SMILES string of the molecule is COc1cc2cc(OC)c(CC(=O)Oc3ccc4c5c3O[C@H]3C(=O)CC[C@@]6(O)[C@@H](C4)N(CC4CC4)CC[C@]536)cc2cc1CC(=O)Oc1ccc2c3c1O[C@H]1C(=O)CC[C@@]4(O)[C@@H](C2)N(CC2CC2)CC[C@]314. The van der Waals surface area contributed by atoms with E-state index in [1.807, 2.05) is 36.4 Å². The summed E-state index contributed by atoms with van der Waals surface area (Å²) in [7, 11) is 3.07. The average molecular weight is 951 g/mol. The highest BCUT2D eigenvalue weighted by Crippen LogP contribution is 2.67. The molecule has 364 valence electrons. The highest BCUT2D eigenvalue weighted by Gasteiger charge is 2.75. The molecule has 2 N–H and O–H groups in total. The van der Waals surface area contributed by atoms with E-state index >= 15 is 0 Å². The number of likely N-dealkylation sites (tertiary alicyclic amines) is 2. The van der Waals surface area contributed by atoms with Crippen molar-refractivity contribution in [2.45, 2.75) is 136 Å². The van der Waals surface area contributed by atoms with E-state index in [1.165, 1.54) is 39.9 Å². The topological polar surface area (TPSA) is 171 Å². The Kier molecular flexibility index (Phi) is 9.27. The molecule has 0 aromatic heterocycles. The lowest BCUT2D eigenvalue weighted by atomic mass is 9.49. The second kappa shape index (κ2) is 15.0. The molecule has 4 bridgehead atoms. The molecule has 70 heavy (non-hydrogen) atoms. The summed E-state index contributed by atoms with van der Waals surface area (Å²) in [6.45, 7) is 3.47. The van der Waals surface area contributed by atoms with Gasteiger partial charge in [0.1, 0.15) is 11.5 Å². The Morgan fingerprint density at radius 3 is 1.46 bits per heavy atom. The lowest BCUT2D eigenvalue weighted by Gasteiger charge is -2.62. The fourth-order valence-electron chi connectivity index (χ4n) is 15.4. The summed E-state index contributed by atoms with van der Waals surface area (Å²) in [5.74, 6) is 2.32. The van der Waals surface area contributed by atoms with Crippen LogP contribution in [0.3, 0.4) is 0 Å². The van der Waals surface area contributed by atoms with Gasteiger partial charge in [0.15, 0.2) is 46.8 Å². The number of nitrogens with zero attached hydrogens (tertiary/aromatic N) is 2. The van der Waals surface area contributed by atoms with Crippen LogP contribution in [-0.2, 0) is 55.7 Å². The van der Waals surface area contributed by atoms with Crippen molar-refractivity contribution in [2.24, 2.45) is 11.8 Å². The number of fused-ring (bicyclic) bond motifs is 1. The molecule has 4 saturated carbocycles. The second-order valence-electron chi connectivity index (χ2n) is 22.4.